The number of nitrogens with one attached hydrogen (secondary N) is 2. The first-order valence-corrected chi connectivity index (χ1v) is 8.05. The summed E-state index contributed by atoms with van der Waals surface area (Å²) in [5.41, 5.74) is 0.338. The second-order valence-corrected chi connectivity index (χ2v) is 8.02. The third-order valence-corrected chi connectivity index (χ3v) is 3.26. The Hall–Kier alpha value is -0.310. The highest BCUT2D eigenvalue weighted by atomic mass is 32.1. The van der Waals surface area contributed by atoms with Crippen molar-refractivity contribution < 1.29 is 0 Å². The molecule has 1 atom stereocenters. The van der Waals surface area contributed by atoms with E-state index >= 15 is 0 Å². The summed E-state index contributed by atoms with van der Waals surface area (Å²) in [6, 6.07) is 0.456. The summed E-state index contributed by atoms with van der Waals surface area (Å²) >= 11 is 5.42. The van der Waals surface area contributed by atoms with Crippen LogP contribution in [0.15, 0.2) is 0 Å². The summed E-state index contributed by atoms with van der Waals surface area (Å²) in [5, 5.41) is 7.65. The van der Waals surface area contributed by atoms with Crippen LogP contribution in [0.25, 0.3) is 0 Å². The Balaban J connectivity index is 4.08. The Morgan fingerprint density at radius 2 is 1.68 bits per heavy atom. The van der Waals surface area contributed by atoms with Crippen LogP contribution in [0.2, 0.25) is 0 Å². The van der Waals surface area contributed by atoms with Crippen molar-refractivity contribution in [3.8, 4) is 0 Å². The molecule has 2 N–H and O–H groups in total. The lowest BCUT2D eigenvalue weighted by Gasteiger charge is -2.35. The minimum absolute atomic E-state index is 0.0332. The van der Waals surface area contributed by atoms with Crippen molar-refractivity contribution in [2.45, 2.75) is 92.2 Å². The molecule has 0 saturated heterocycles. The first kappa shape index (κ1) is 18.7. The average Bonchev–Trinajstić information content (AvgIpc) is 2.11. The number of rotatable bonds is 7. The van der Waals surface area contributed by atoms with E-state index in [1.807, 2.05) is 0 Å². The summed E-state index contributed by atoms with van der Waals surface area (Å²) in [7, 11) is 0. The molecule has 0 bridgehead atoms. The molecule has 0 radical (unpaired) electrons. The van der Waals surface area contributed by atoms with E-state index in [-0.39, 0.29) is 5.54 Å². The fourth-order valence-electron chi connectivity index (χ4n) is 2.71. The number of hydrogen-bond acceptors (Lipinski definition) is 1. The van der Waals surface area contributed by atoms with Crippen molar-refractivity contribution in [3.63, 3.8) is 0 Å². The van der Waals surface area contributed by atoms with Gasteiger partial charge in [-0.3, -0.25) is 0 Å². The van der Waals surface area contributed by atoms with E-state index in [2.05, 4.69) is 59.1 Å². The minimum Gasteiger partial charge on any atom is -0.360 e. The van der Waals surface area contributed by atoms with Crippen LogP contribution < -0.4 is 10.6 Å². The molecule has 0 spiro atoms. The van der Waals surface area contributed by atoms with Crippen LogP contribution in [-0.2, 0) is 0 Å². The molecular formula is C16H34N2S. The SMILES string of the molecule is CCCCCC(C)NC(=S)NC(C)(C)CC(C)(C)C. The largest absolute Gasteiger partial charge is 0.360 e. The molecule has 0 heterocycles. The number of thiocarbonyl (C=S) groups is 1. The maximum absolute atomic E-state index is 5.42. The Bertz CT molecular complexity index is 266. The standard InChI is InChI=1S/C16H34N2S/c1-8-9-10-11-13(2)17-14(19)18-16(6,7)12-15(3,4)5/h13H,8-12H2,1-7H3,(H2,17,18,19). The smallest absolute Gasteiger partial charge is 0.166 e. The van der Waals surface area contributed by atoms with Crippen molar-refractivity contribution in [1.29, 1.82) is 0 Å². The Labute approximate surface area is 126 Å². The van der Waals surface area contributed by atoms with E-state index < -0.39 is 0 Å². The molecule has 0 aromatic carbocycles. The van der Waals surface area contributed by atoms with Gasteiger partial charge in [-0.05, 0) is 51.2 Å². The third-order valence-electron chi connectivity index (χ3n) is 3.04. The summed E-state index contributed by atoms with van der Waals surface area (Å²) in [4.78, 5) is 0. The van der Waals surface area contributed by atoms with Crippen LogP contribution in [0.3, 0.4) is 0 Å². The Morgan fingerprint density at radius 1 is 1.11 bits per heavy atom. The van der Waals surface area contributed by atoms with Crippen molar-refractivity contribution in [2.75, 3.05) is 0 Å². The van der Waals surface area contributed by atoms with Gasteiger partial charge in [0.15, 0.2) is 5.11 Å². The third kappa shape index (κ3) is 11.2. The van der Waals surface area contributed by atoms with Crippen LogP contribution >= 0.6 is 12.2 Å². The zero-order chi connectivity index (χ0) is 15.1. The van der Waals surface area contributed by atoms with Gasteiger partial charge >= 0.3 is 0 Å². The van der Waals surface area contributed by atoms with Gasteiger partial charge in [0, 0.05) is 11.6 Å². The van der Waals surface area contributed by atoms with Crippen molar-refractivity contribution in [3.05, 3.63) is 0 Å². The zero-order valence-electron chi connectivity index (χ0n) is 14.0. The first-order valence-electron chi connectivity index (χ1n) is 7.64. The quantitative estimate of drug-likeness (QED) is 0.527. The number of hydrogen-bond donors (Lipinski definition) is 2. The van der Waals surface area contributed by atoms with Gasteiger partial charge < -0.3 is 10.6 Å². The molecule has 0 fully saturated rings. The van der Waals surface area contributed by atoms with Crippen LogP contribution in [-0.4, -0.2) is 16.7 Å². The summed E-state index contributed by atoms with van der Waals surface area (Å²) in [6.07, 6.45) is 6.13. The summed E-state index contributed by atoms with van der Waals surface area (Å²) < 4.78 is 0. The molecule has 0 amide bonds. The van der Waals surface area contributed by atoms with E-state index in [9.17, 15) is 0 Å². The average molecular weight is 287 g/mol. The van der Waals surface area contributed by atoms with Crippen molar-refractivity contribution in [1.82, 2.24) is 10.6 Å². The lowest BCUT2D eigenvalue weighted by atomic mass is 9.82. The van der Waals surface area contributed by atoms with Crippen LogP contribution in [0.1, 0.15) is 80.6 Å². The van der Waals surface area contributed by atoms with Gasteiger partial charge in [0.1, 0.15) is 0 Å². The van der Waals surface area contributed by atoms with Crippen LogP contribution in [0.4, 0.5) is 0 Å². The van der Waals surface area contributed by atoms with Gasteiger partial charge in [-0.2, -0.15) is 0 Å². The lowest BCUT2D eigenvalue weighted by molar-refractivity contribution is 0.266. The van der Waals surface area contributed by atoms with Gasteiger partial charge in [-0.1, -0.05) is 47.0 Å². The highest BCUT2D eigenvalue weighted by Gasteiger charge is 2.26. The number of unbranched alkanes of at least 4 members (excludes halogenated alkanes) is 2. The van der Waals surface area contributed by atoms with E-state index in [1.54, 1.807) is 0 Å². The van der Waals surface area contributed by atoms with Gasteiger partial charge in [0.05, 0.1) is 0 Å². The second-order valence-electron chi connectivity index (χ2n) is 7.62. The summed E-state index contributed by atoms with van der Waals surface area (Å²) in [5.74, 6) is 0. The van der Waals surface area contributed by atoms with Crippen molar-refractivity contribution in [2.24, 2.45) is 5.41 Å². The normalized spacial score (nSPS) is 14.1. The maximum Gasteiger partial charge on any atom is 0.166 e. The van der Waals surface area contributed by atoms with E-state index in [0.29, 0.717) is 11.5 Å². The first-order chi connectivity index (χ1) is 8.56. The van der Waals surface area contributed by atoms with Gasteiger partial charge in [-0.25, -0.2) is 0 Å². The maximum atomic E-state index is 5.42. The highest BCUT2D eigenvalue weighted by molar-refractivity contribution is 7.80. The molecule has 0 saturated carbocycles. The monoisotopic (exact) mass is 286 g/mol. The highest BCUT2D eigenvalue weighted by Crippen LogP contribution is 2.26. The van der Waals surface area contributed by atoms with E-state index in [0.717, 1.165) is 11.5 Å². The molecule has 0 aliphatic heterocycles. The Kier molecular flexibility index (Phi) is 7.95. The van der Waals surface area contributed by atoms with E-state index in [4.69, 9.17) is 12.2 Å². The van der Waals surface area contributed by atoms with Crippen molar-refractivity contribution >= 4 is 17.3 Å². The molecule has 0 rings (SSSR count). The summed E-state index contributed by atoms with van der Waals surface area (Å²) in [6.45, 7) is 15.7. The van der Waals surface area contributed by atoms with E-state index in [1.165, 1.54) is 25.7 Å². The molecule has 114 valence electrons. The molecule has 0 aliphatic rings. The van der Waals surface area contributed by atoms with Gasteiger partial charge in [0.25, 0.3) is 0 Å². The molecule has 0 aromatic rings. The Morgan fingerprint density at radius 3 is 2.16 bits per heavy atom. The molecule has 0 aliphatic carbocycles. The molecule has 2 nitrogen and oxygen atoms in total. The fourth-order valence-corrected chi connectivity index (χ4v) is 3.19. The molecule has 1 unspecified atom stereocenters. The molecule has 0 aromatic heterocycles. The second kappa shape index (κ2) is 8.08. The van der Waals surface area contributed by atoms with Crippen LogP contribution in [0.5, 0.6) is 0 Å². The zero-order valence-corrected chi connectivity index (χ0v) is 14.8. The minimum atomic E-state index is 0.0332. The predicted molar refractivity (Wildman–Crippen MR) is 90.6 cm³/mol. The van der Waals surface area contributed by atoms with Gasteiger partial charge in [0.2, 0.25) is 0 Å². The topological polar surface area (TPSA) is 24.1 Å². The molecule has 3 heteroatoms. The lowest BCUT2D eigenvalue weighted by Crippen LogP contribution is -2.51. The molecular weight excluding hydrogens is 252 g/mol. The van der Waals surface area contributed by atoms with Gasteiger partial charge in [-0.15, -0.1) is 0 Å². The molecule has 19 heavy (non-hydrogen) atoms. The van der Waals surface area contributed by atoms with Crippen LogP contribution in [0, 0.1) is 5.41 Å². The predicted octanol–water partition coefficient (Wildman–Crippen LogP) is 4.63. The fraction of sp³-hybridized carbons (Fsp3) is 0.938.